The van der Waals surface area contributed by atoms with E-state index in [-0.39, 0.29) is 0 Å². The molecule has 19 heavy (non-hydrogen) atoms. The molecular weight excluding hydrogens is 276 g/mol. The van der Waals surface area contributed by atoms with Gasteiger partial charge in [0.05, 0.1) is 10.1 Å². The minimum Gasteiger partial charge on any atom is -0.258 e. The number of hydrogen-bond acceptors (Lipinski definition) is 5. The van der Waals surface area contributed by atoms with Crippen LogP contribution in [0.15, 0.2) is 22.3 Å². The van der Waals surface area contributed by atoms with Gasteiger partial charge in [0.15, 0.2) is 11.6 Å². The maximum Gasteiger partial charge on any atom is 0.289 e. The Labute approximate surface area is 122 Å². The SMILES string of the molecule is CCN1N=C(C)S/C1=C\C=C\c1sc(C)n[n+]1CC. The molecule has 1 aliphatic rings. The average Bonchev–Trinajstić information content (AvgIpc) is 2.92. The zero-order valence-electron chi connectivity index (χ0n) is 11.8. The molecule has 0 amide bonds. The number of nitrogens with zero attached hydrogens (tertiary/aromatic N) is 4. The van der Waals surface area contributed by atoms with Gasteiger partial charge < -0.3 is 0 Å². The number of allylic oxidation sites excluding steroid dienone is 2. The van der Waals surface area contributed by atoms with Gasteiger partial charge in [0.2, 0.25) is 0 Å². The Morgan fingerprint density at radius 1 is 1.32 bits per heavy atom. The Morgan fingerprint density at radius 2 is 2.11 bits per heavy atom. The number of aromatic nitrogens is 2. The highest BCUT2D eigenvalue weighted by molar-refractivity contribution is 8.17. The highest BCUT2D eigenvalue weighted by Crippen LogP contribution is 2.29. The van der Waals surface area contributed by atoms with Gasteiger partial charge in [-0.05, 0) is 45.1 Å². The van der Waals surface area contributed by atoms with Crippen LogP contribution in [0.1, 0.15) is 30.8 Å². The van der Waals surface area contributed by atoms with E-state index in [1.54, 1.807) is 23.1 Å². The zero-order chi connectivity index (χ0) is 13.8. The van der Waals surface area contributed by atoms with Crippen LogP contribution in [0.25, 0.3) is 6.08 Å². The molecule has 0 radical (unpaired) electrons. The quantitative estimate of drug-likeness (QED) is 0.800. The molecule has 0 bridgehead atoms. The van der Waals surface area contributed by atoms with E-state index in [4.69, 9.17) is 0 Å². The second kappa shape index (κ2) is 6.34. The molecule has 2 heterocycles. The van der Waals surface area contributed by atoms with Gasteiger partial charge in [-0.15, -0.1) is 0 Å². The van der Waals surface area contributed by atoms with Gasteiger partial charge >= 0.3 is 0 Å². The van der Waals surface area contributed by atoms with Crippen molar-refractivity contribution in [3.8, 4) is 0 Å². The normalized spacial score (nSPS) is 17.8. The van der Waals surface area contributed by atoms with Crippen LogP contribution in [-0.2, 0) is 6.54 Å². The number of rotatable bonds is 4. The molecule has 0 aromatic carbocycles. The molecule has 102 valence electrons. The van der Waals surface area contributed by atoms with Crippen LogP contribution in [0.4, 0.5) is 0 Å². The van der Waals surface area contributed by atoms with Crippen molar-refractivity contribution >= 4 is 34.2 Å². The average molecular weight is 295 g/mol. The number of thioether (sulfide) groups is 1. The molecule has 0 aliphatic carbocycles. The topological polar surface area (TPSA) is 32.4 Å². The molecular formula is C13H19N4S2+. The fraction of sp³-hybridized carbons (Fsp3) is 0.462. The van der Waals surface area contributed by atoms with Gasteiger partial charge in [-0.1, -0.05) is 22.5 Å². The molecule has 1 aliphatic heterocycles. The summed E-state index contributed by atoms with van der Waals surface area (Å²) in [6.45, 7) is 10.1. The summed E-state index contributed by atoms with van der Waals surface area (Å²) < 4.78 is 2.02. The molecule has 0 unspecified atom stereocenters. The molecule has 6 heteroatoms. The Kier molecular flexibility index (Phi) is 4.76. The van der Waals surface area contributed by atoms with Crippen LogP contribution < -0.4 is 4.68 Å². The van der Waals surface area contributed by atoms with E-state index in [1.807, 2.05) is 23.5 Å². The van der Waals surface area contributed by atoms with Gasteiger partial charge in [-0.25, -0.2) is 0 Å². The van der Waals surface area contributed by atoms with Crippen molar-refractivity contribution in [1.29, 1.82) is 0 Å². The summed E-state index contributed by atoms with van der Waals surface area (Å²) in [5.74, 6) is 0. The van der Waals surface area contributed by atoms with Crippen molar-refractivity contribution in [1.82, 2.24) is 10.1 Å². The van der Waals surface area contributed by atoms with Crippen LogP contribution in [0.2, 0.25) is 0 Å². The highest BCUT2D eigenvalue weighted by atomic mass is 32.2. The zero-order valence-corrected chi connectivity index (χ0v) is 13.4. The van der Waals surface area contributed by atoms with E-state index in [0.717, 1.165) is 23.1 Å². The second-order valence-electron chi connectivity index (χ2n) is 4.08. The van der Waals surface area contributed by atoms with Gasteiger partial charge in [-0.2, -0.15) is 5.10 Å². The van der Waals surface area contributed by atoms with Crippen molar-refractivity contribution in [3.05, 3.63) is 27.2 Å². The van der Waals surface area contributed by atoms with Gasteiger partial charge in [-0.3, -0.25) is 5.01 Å². The third-order valence-electron chi connectivity index (χ3n) is 2.61. The van der Waals surface area contributed by atoms with E-state index < -0.39 is 0 Å². The van der Waals surface area contributed by atoms with Gasteiger partial charge in [0, 0.05) is 17.7 Å². The van der Waals surface area contributed by atoms with E-state index in [0.29, 0.717) is 0 Å². The summed E-state index contributed by atoms with van der Waals surface area (Å²) in [6.07, 6.45) is 6.31. The summed E-state index contributed by atoms with van der Waals surface area (Å²) in [5.41, 5.74) is 0. The maximum atomic E-state index is 4.45. The lowest BCUT2D eigenvalue weighted by atomic mass is 10.4. The van der Waals surface area contributed by atoms with Crippen LogP contribution >= 0.6 is 23.1 Å². The smallest absolute Gasteiger partial charge is 0.258 e. The second-order valence-corrected chi connectivity index (χ2v) is 6.50. The van der Waals surface area contributed by atoms with Crippen molar-refractivity contribution in [2.75, 3.05) is 6.54 Å². The number of aryl methyl sites for hydroxylation is 2. The van der Waals surface area contributed by atoms with Crippen molar-refractivity contribution < 1.29 is 4.68 Å². The Hall–Kier alpha value is -1.14. The Morgan fingerprint density at radius 3 is 2.79 bits per heavy atom. The molecule has 1 aromatic heterocycles. The lowest BCUT2D eigenvalue weighted by molar-refractivity contribution is -0.747. The summed E-state index contributed by atoms with van der Waals surface area (Å²) in [6, 6.07) is 0. The molecule has 1 aromatic rings. The third kappa shape index (κ3) is 3.45. The molecule has 0 saturated heterocycles. The lowest BCUT2D eigenvalue weighted by Crippen LogP contribution is -2.36. The monoisotopic (exact) mass is 295 g/mol. The van der Waals surface area contributed by atoms with Crippen LogP contribution in [0, 0.1) is 6.92 Å². The molecule has 2 rings (SSSR count). The minimum atomic E-state index is 0.901. The summed E-state index contributed by atoms with van der Waals surface area (Å²) in [4.78, 5) is 0. The molecule has 0 N–H and O–H groups in total. The first-order valence-corrected chi connectivity index (χ1v) is 8.03. The third-order valence-corrected chi connectivity index (χ3v) is 4.48. The van der Waals surface area contributed by atoms with Gasteiger partial charge in [0.25, 0.3) is 5.01 Å². The molecule has 0 atom stereocenters. The fourth-order valence-corrected chi connectivity index (χ4v) is 3.52. The first kappa shape index (κ1) is 14.3. The Bertz CT molecular complexity index is 543. The van der Waals surface area contributed by atoms with E-state index in [1.165, 1.54) is 10.0 Å². The van der Waals surface area contributed by atoms with Crippen LogP contribution in [-0.4, -0.2) is 21.7 Å². The maximum absolute atomic E-state index is 4.45. The van der Waals surface area contributed by atoms with Crippen molar-refractivity contribution in [3.63, 3.8) is 0 Å². The summed E-state index contributed by atoms with van der Waals surface area (Å²) in [5, 5.41) is 15.5. The van der Waals surface area contributed by atoms with Crippen molar-refractivity contribution in [2.45, 2.75) is 34.2 Å². The summed E-state index contributed by atoms with van der Waals surface area (Å²) in [7, 11) is 0. The van der Waals surface area contributed by atoms with Crippen LogP contribution in [0.5, 0.6) is 0 Å². The minimum absolute atomic E-state index is 0.901. The summed E-state index contributed by atoms with van der Waals surface area (Å²) >= 11 is 3.43. The lowest BCUT2D eigenvalue weighted by Gasteiger charge is -2.10. The van der Waals surface area contributed by atoms with Gasteiger partial charge in [0.1, 0.15) is 0 Å². The molecule has 0 fully saturated rings. The first-order chi connectivity index (χ1) is 9.13. The highest BCUT2D eigenvalue weighted by Gasteiger charge is 2.16. The van der Waals surface area contributed by atoms with E-state index >= 15 is 0 Å². The van der Waals surface area contributed by atoms with E-state index in [9.17, 15) is 0 Å². The van der Waals surface area contributed by atoms with Crippen molar-refractivity contribution in [2.24, 2.45) is 5.10 Å². The molecule has 0 saturated carbocycles. The number of hydrazone groups is 1. The molecule has 4 nitrogen and oxygen atoms in total. The first-order valence-electron chi connectivity index (χ1n) is 6.40. The fourth-order valence-electron chi connectivity index (χ4n) is 1.79. The van der Waals surface area contributed by atoms with E-state index in [2.05, 4.69) is 42.3 Å². The predicted molar refractivity (Wildman–Crippen MR) is 82.9 cm³/mol. The van der Waals surface area contributed by atoms with Crippen LogP contribution in [0.3, 0.4) is 0 Å². The standard InChI is InChI=1S/C13H19N4S2/c1-5-16-12(18-10(3)14-16)8-7-9-13-17(6-2)15-11(4)19-13/h7-9H,5-6H2,1-4H3/q+1. The Balaban J connectivity index is 2.11. The molecule has 0 spiro atoms. The predicted octanol–water partition coefficient (Wildman–Crippen LogP) is 3.02. The largest absolute Gasteiger partial charge is 0.289 e. The number of hydrogen-bond donors (Lipinski definition) is 0.